The molecule has 0 fully saturated rings. The lowest BCUT2D eigenvalue weighted by Gasteiger charge is -2.19. The van der Waals surface area contributed by atoms with Crippen LogP contribution >= 0.6 is 11.6 Å². The Bertz CT molecular complexity index is 606. The van der Waals surface area contributed by atoms with Crippen LogP contribution in [0.3, 0.4) is 0 Å². The molecule has 0 N–H and O–H groups in total. The van der Waals surface area contributed by atoms with Crippen LogP contribution in [0, 0.1) is 0 Å². The van der Waals surface area contributed by atoms with E-state index in [1.165, 1.54) is 41.6 Å². The summed E-state index contributed by atoms with van der Waals surface area (Å²) in [4.78, 5) is 4.70. The standard InChI is InChI=1S/C18H20ClN/c1-2-3-6-17-16-10-9-15(19)12-14(16)8-7-13-5-4-11-20-18(13)17/h4-5,9-12,17H,2-3,6-8H2,1H3. The van der Waals surface area contributed by atoms with Crippen LogP contribution in [0.5, 0.6) is 0 Å². The maximum Gasteiger partial charge on any atom is 0.0510 e. The van der Waals surface area contributed by atoms with E-state index in [0.717, 1.165) is 17.9 Å². The van der Waals surface area contributed by atoms with E-state index in [4.69, 9.17) is 16.6 Å². The van der Waals surface area contributed by atoms with E-state index >= 15 is 0 Å². The topological polar surface area (TPSA) is 12.9 Å². The summed E-state index contributed by atoms with van der Waals surface area (Å²) in [5, 5.41) is 0.844. The first-order valence-corrected chi connectivity index (χ1v) is 7.89. The number of benzene rings is 1. The predicted molar refractivity (Wildman–Crippen MR) is 84.5 cm³/mol. The number of aromatic nitrogens is 1. The zero-order chi connectivity index (χ0) is 13.9. The highest BCUT2D eigenvalue weighted by atomic mass is 35.5. The minimum atomic E-state index is 0.431. The Balaban J connectivity index is 2.09. The van der Waals surface area contributed by atoms with Gasteiger partial charge in [0.1, 0.15) is 0 Å². The van der Waals surface area contributed by atoms with Gasteiger partial charge >= 0.3 is 0 Å². The molecule has 1 aromatic heterocycles. The van der Waals surface area contributed by atoms with Gasteiger partial charge in [-0.1, -0.05) is 43.5 Å². The third-order valence-corrected chi connectivity index (χ3v) is 4.48. The number of nitrogens with zero attached hydrogens (tertiary/aromatic N) is 1. The average Bonchev–Trinajstić information content (AvgIpc) is 2.62. The molecule has 0 radical (unpaired) electrons. The SMILES string of the molecule is CCCCC1c2ccc(Cl)cc2CCc2cccnc21. The molecule has 1 aromatic carbocycles. The number of rotatable bonds is 3. The van der Waals surface area contributed by atoms with Crippen LogP contribution in [0.4, 0.5) is 0 Å². The van der Waals surface area contributed by atoms with Gasteiger partial charge in [-0.3, -0.25) is 4.98 Å². The maximum atomic E-state index is 6.18. The van der Waals surface area contributed by atoms with Gasteiger partial charge in [-0.15, -0.1) is 0 Å². The number of aryl methyl sites for hydroxylation is 2. The summed E-state index contributed by atoms with van der Waals surface area (Å²) in [5.74, 6) is 0.431. The molecule has 1 unspecified atom stereocenters. The van der Waals surface area contributed by atoms with E-state index in [1.807, 2.05) is 12.3 Å². The number of hydrogen-bond donors (Lipinski definition) is 0. The first kappa shape index (κ1) is 13.6. The summed E-state index contributed by atoms with van der Waals surface area (Å²) < 4.78 is 0. The van der Waals surface area contributed by atoms with Crippen molar-refractivity contribution in [2.24, 2.45) is 0 Å². The monoisotopic (exact) mass is 285 g/mol. The highest BCUT2D eigenvalue weighted by Crippen LogP contribution is 2.37. The lowest BCUT2D eigenvalue weighted by Crippen LogP contribution is -2.06. The van der Waals surface area contributed by atoms with Crippen molar-refractivity contribution >= 4 is 11.6 Å². The minimum absolute atomic E-state index is 0.431. The molecule has 2 aromatic rings. The fourth-order valence-corrected chi connectivity index (χ4v) is 3.42. The van der Waals surface area contributed by atoms with Gasteiger partial charge in [0.25, 0.3) is 0 Å². The normalized spacial score (nSPS) is 17.2. The van der Waals surface area contributed by atoms with Crippen molar-refractivity contribution in [1.29, 1.82) is 0 Å². The largest absolute Gasteiger partial charge is 0.260 e. The second-order valence-electron chi connectivity index (χ2n) is 5.59. The maximum absolute atomic E-state index is 6.18. The summed E-state index contributed by atoms with van der Waals surface area (Å²) in [6.07, 6.45) is 7.70. The second-order valence-corrected chi connectivity index (χ2v) is 6.02. The van der Waals surface area contributed by atoms with E-state index < -0.39 is 0 Å². The molecule has 0 spiro atoms. The fraction of sp³-hybridized carbons (Fsp3) is 0.389. The molecular weight excluding hydrogens is 266 g/mol. The van der Waals surface area contributed by atoms with Gasteiger partial charge in [0, 0.05) is 17.1 Å². The van der Waals surface area contributed by atoms with Gasteiger partial charge in [0.05, 0.1) is 5.69 Å². The van der Waals surface area contributed by atoms with Crippen LogP contribution < -0.4 is 0 Å². The highest BCUT2D eigenvalue weighted by Gasteiger charge is 2.24. The summed E-state index contributed by atoms with van der Waals surface area (Å²) in [7, 11) is 0. The molecule has 1 atom stereocenters. The summed E-state index contributed by atoms with van der Waals surface area (Å²) in [5.41, 5.74) is 5.51. The van der Waals surface area contributed by atoms with Crippen molar-refractivity contribution in [2.45, 2.75) is 44.9 Å². The molecule has 1 heterocycles. The number of fused-ring (bicyclic) bond motifs is 2. The Morgan fingerprint density at radius 1 is 1.20 bits per heavy atom. The number of unbranched alkanes of at least 4 members (excludes halogenated alkanes) is 1. The Morgan fingerprint density at radius 2 is 2.05 bits per heavy atom. The van der Waals surface area contributed by atoms with Crippen molar-refractivity contribution in [3.63, 3.8) is 0 Å². The van der Waals surface area contributed by atoms with Gasteiger partial charge in [0.2, 0.25) is 0 Å². The quantitative estimate of drug-likeness (QED) is 0.759. The van der Waals surface area contributed by atoms with E-state index in [9.17, 15) is 0 Å². The van der Waals surface area contributed by atoms with Crippen molar-refractivity contribution in [2.75, 3.05) is 0 Å². The fourth-order valence-electron chi connectivity index (χ4n) is 3.22. The van der Waals surface area contributed by atoms with Crippen molar-refractivity contribution in [3.05, 3.63) is 63.9 Å². The highest BCUT2D eigenvalue weighted by molar-refractivity contribution is 6.30. The molecule has 0 saturated heterocycles. The molecule has 104 valence electrons. The minimum Gasteiger partial charge on any atom is -0.260 e. The van der Waals surface area contributed by atoms with Crippen LogP contribution in [-0.4, -0.2) is 4.98 Å². The number of hydrogen-bond acceptors (Lipinski definition) is 1. The number of pyridine rings is 1. The van der Waals surface area contributed by atoms with Crippen molar-refractivity contribution in [1.82, 2.24) is 4.98 Å². The Morgan fingerprint density at radius 3 is 2.90 bits per heavy atom. The van der Waals surface area contributed by atoms with E-state index in [0.29, 0.717) is 5.92 Å². The van der Waals surface area contributed by atoms with Crippen LogP contribution in [0.1, 0.15) is 54.5 Å². The summed E-state index contributed by atoms with van der Waals surface area (Å²) in [6, 6.07) is 10.7. The molecule has 0 amide bonds. The molecule has 0 aliphatic heterocycles. The van der Waals surface area contributed by atoms with Gasteiger partial charge in [-0.05, 0) is 54.2 Å². The van der Waals surface area contributed by atoms with Crippen molar-refractivity contribution in [3.8, 4) is 0 Å². The van der Waals surface area contributed by atoms with Crippen LogP contribution in [-0.2, 0) is 12.8 Å². The van der Waals surface area contributed by atoms with Gasteiger partial charge in [-0.2, -0.15) is 0 Å². The molecule has 1 nitrogen and oxygen atoms in total. The molecule has 0 saturated carbocycles. The number of halogens is 1. The Hall–Kier alpha value is -1.34. The average molecular weight is 286 g/mol. The summed E-state index contributed by atoms with van der Waals surface area (Å²) in [6.45, 7) is 2.25. The zero-order valence-corrected chi connectivity index (χ0v) is 12.7. The van der Waals surface area contributed by atoms with E-state index in [1.54, 1.807) is 0 Å². The third-order valence-electron chi connectivity index (χ3n) is 4.25. The lowest BCUT2D eigenvalue weighted by molar-refractivity contribution is 0.635. The molecular formula is C18H20ClN. The molecule has 0 bridgehead atoms. The Kier molecular flexibility index (Phi) is 4.07. The van der Waals surface area contributed by atoms with Crippen LogP contribution in [0.15, 0.2) is 36.5 Å². The van der Waals surface area contributed by atoms with Gasteiger partial charge in [0.15, 0.2) is 0 Å². The van der Waals surface area contributed by atoms with Gasteiger partial charge in [-0.25, -0.2) is 0 Å². The molecule has 1 aliphatic rings. The van der Waals surface area contributed by atoms with Crippen LogP contribution in [0.2, 0.25) is 5.02 Å². The summed E-state index contributed by atoms with van der Waals surface area (Å²) >= 11 is 6.18. The molecule has 2 heteroatoms. The predicted octanol–water partition coefficient (Wildman–Crippen LogP) is 5.16. The molecule has 1 aliphatic carbocycles. The molecule has 3 rings (SSSR count). The second kappa shape index (κ2) is 5.97. The Labute approximate surface area is 126 Å². The first-order valence-electron chi connectivity index (χ1n) is 7.51. The lowest BCUT2D eigenvalue weighted by atomic mass is 9.87. The van der Waals surface area contributed by atoms with E-state index in [-0.39, 0.29) is 0 Å². The third kappa shape index (κ3) is 2.60. The zero-order valence-electron chi connectivity index (χ0n) is 11.9. The first-order chi connectivity index (χ1) is 9.79. The smallest absolute Gasteiger partial charge is 0.0510 e. The van der Waals surface area contributed by atoms with Gasteiger partial charge < -0.3 is 0 Å². The van der Waals surface area contributed by atoms with Crippen molar-refractivity contribution < 1.29 is 0 Å². The molecule has 20 heavy (non-hydrogen) atoms. The van der Waals surface area contributed by atoms with E-state index in [2.05, 4.69) is 31.2 Å². The van der Waals surface area contributed by atoms with Crippen LogP contribution in [0.25, 0.3) is 0 Å².